The minimum absolute atomic E-state index is 0.326. The molecular formula is C20H29N3O2. The van der Waals surface area contributed by atoms with Gasteiger partial charge in [-0.25, -0.2) is 4.98 Å². The molecule has 136 valence electrons. The first-order valence-electron chi connectivity index (χ1n) is 9.29. The van der Waals surface area contributed by atoms with Gasteiger partial charge in [0, 0.05) is 19.6 Å². The second-order valence-electron chi connectivity index (χ2n) is 7.40. The number of hydrogen-bond acceptors (Lipinski definition) is 5. The molecule has 25 heavy (non-hydrogen) atoms. The summed E-state index contributed by atoms with van der Waals surface area (Å²) in [6, 6.07) is 7.95. The van der Waals surface area contributed by atoms with Crippen LogP contribution in [0.2, 0.25) is 0 Å². The van der Waals surface area contributed by atoms with Crippen LogP contribution in [-0.4, -0.2) is 51.8 Å². The monoisotopic (exact) mass is 343 g/mol. The Bertz CT molecular complexity index is 709. The van der Waals surface area contributed by atoms with Crippen LogP contribution in [0.25, 0.3) is 10.9 Å². The van der Waals surface area contributed by atoms with Crippen LogP contribution in [0.15, 0.2) is 24.3 Å². The molecule has 1 aromatic heterocycles. The third-order valence-corrected chi connectivity index (χ3v) is 5.33. The van der Waals surface area contributed by atoms with Gasteiger partial charge in [-0.05, 0) is 44.2 Å². The number of nitrogens with zero attached hydrogens (tertiary/aromatic N) is 3. The van der Waals surface area contributed by atoms with Gasteiger partial charge in [0.25, 0.3) is 0 Å². The Hall–Kier alpha value is -1.72. The van der Waals surface area contributed by atoms with Gasteiger partial charge < -0.3 is 14.7 Å². The standard InChI is InChI=1S/C20H29N3O2/c1-15(2)20(24)9-12-23(13-10-20)11-6-14-25-19-17-7-4-5-8-18(17)21-16(3)22-19/h4-5,7-8,15,24H,6,9-14H2,1-3H3. The summed E-state index contributed by atoms with van der Waals surface area (Å²) in [5.74, 6) is 1.74. The maximum atomic E-state index is 10.5. The lowest BCUT2D eigenvalue weighted by atomic mass is 9.81. The molecule has 1 saturated heterocycles. The number of aromatic nitrogens is 2. The number of aliphatic hydroxyl groups is 1. The van der Waals surface area contributed by atoms with Crippen LogP contribution in [0.4, 0.5) is 0 Å². The fourth-order valence-electron chi connectivity index (χ4n) is 3.47. The van der Waals surface area contributed by atoms with E-state index >= 15 is 0 Å². The van der Waals surface area contributed by atoms with Crippen molar-refractivity contribution in [3.05, 3.63) is 30.1 Å². The highest BCUT2D eigenvalue weighted by molar-refractivity contribution is 5.83. The van der Waals surface area contributed by atoms with Crippen molar-refractivity contribution < 1.29 is 9.84 Å². The Morgan fingerprint density at radius 2 is 1.92 bits per heavy atom. The molecule has 0 radical (unpaired) electrons. The lowest BCUT2D eigenvalue weighted by Gasteiger charge is -2.40. The molecule has 1 aliphatic rings. The Morgan fingerprint density at radius 3 is 2.64 bits per heavy atom. The molecule has 1 fully saturated rings. The topological polar surface area (TPSA) is 58.5 Å². The zero-order chi connectivity index (χ0) is 17.9. The quantitative estimate of drug-likeness (QED) is 0.816. The Labute approximate surface area is 150 Å². The van der Waals surface area contributed by atoms with Crippen molar-refractivity contribution in [2.24, 2.45) is 5.92 Å². The second kappa shape index (κ2) is 7.67. The first-order valence-corrected chi connectivity index (χ1v) is 9.29. The van der Waals surface area contributed by atoms with E-state index in [4.69, 9.17) is 4.74 Å². The van der Waals surface area contributed by atoms with Gasteiger partial charge in [0.1, 0.15) is 5.82 Å². The van der Waals surface area contributed by atoms with Gasteiger partial charge in [0.2, 0.25) is 5.88 Å². The lowest BCUT2D eigenvalue weighted by molar-refractivity contribution is -0.0567. The fraction of sp³-hybridized carbons (Fsp3) is 0.600. The minimum Gasteiger partial charge on any atom is -0.477 e. The van der Waals surface area contributed by atoms with Crippen molar-refractivity contribution in [2.75, 3.05) is 26.2 Å². The zero-order valence-electron chi connectivity index (χ0n) is 15.5. The molecule has 3 rings (SSSR count). The maximum Gasteiger partial charge on any atom is 0.224 e. The number of rotatable bonds is 6. The predicted octanol–water partition coefficient (Wildman–Crippen LogP) is 3.19. The van der Waals surface area contributed by atoms with Crippen LogP contribution in [-0.2, 0) is 0 Å². The van der Waals surface area contributed by atoms with Crippen molar-refractivity contribution in [2.45, 2.75) is 45.6 Å². The van der Waals surface area contributed by atoms with Crippen molar-refractivity contribution >= 4 is 10.9 Å². The molecule has 1 N–H and O–H groups in total. The number of fused-ring (bicyclic) bond motifs is 1. The molecule has 1 aromatic carbocycles. The summed E-state index contributed by atoms with van der Waals surface area (Å²) in [5.41, 5.74) is 0.443. The van der Waals surface area contributed by atoms with Crippen LogP contribution >= 0.6 is 0 Å². The summed E-state index contributed by atoms with van der Waals surface area (Å²) in [7, 11) is 0. The van der Waals surface area contributed by atoms with E-state index in [9.17, 15) is 5.11 Å². The summed E-state index contributed by atoms with van der Waals surface area (Å²) in [6.45, 7) is 9.67. The van der Waals surface area contributed by atoms with Crippen LogP contribution in [0.3, 0.4) is 0 Å². The fourth-order valence-corrected chi connectivity index (χ4v) is 3.47. The average molecular weight is 343 g/mol. The van der Waals surface area contributed by atoms with Crippen molar-refractivity contribution in [3.8, 4) is 5.88 Å². The highest BCUT2D eigenvalue weighted by atomic mass is 16.5. The van der Waals surface area contributed by atoms with Gasteiger partial charge in [-0.3, -0.25) is 0 Å². The van der Waals surface area contributed by atoms with E-state index in [-0.39, 0.29) is 0 Å². The highest BCUT2D eigenvalue weighted by Crippen LogP contribution is 2.29. The van der Waals surface area contributed by atoms with E-state index in [2.05, 4.69) is 28.7 Å². The van der Waals surface area contributed by atoms with E-state index in [0.29, 0.717) is 18.4 Å². The second-order valence-corrected chi connectivity index (χ2v) is 7.40. The number of piperidine rings is 1. The molecule has 2 heterocycles. The minimum atomic E-state index is -0.482. The van der Waals surface area contributed by atoms with Gasteiger partial charge in [0.05, 0.1) is 23.1 Å². The summed E-state index contributed by atoms with van der Waals surface area (Å²) in [5, 5.41) is 11.5. The normalized spacial score (nSPS) is 18.0. The largest absolute Gasteiger partial charge is 0.477 e. The SMILES string of the molecule is Cc1nc(OCCCN2CCC(O)(C(C)C)CC2)c2ccccc2n1. The Balaban J connectivity index is 1.48. The zero-order valence-corrected chi connectivity index (χ0v) is 15.5. The molecule has 1 aliphatic heterocycles. The molecular weight excluding hydrogens is 314 g/mol. The molecule has 0 atom stereocenters. The first-order chi connectivity index (χ1) is 12.0. The molecule has 0 amide bonds. The average Bonchev–Trinajstić information content (AvgIpc) is 2.60. The Kier molecular flexibility index (Phi) is 5.54. The number of ether oxygens (including phenoxy) is 1. The van der Waals surface area contributed by atoms with Crippen LogP contribution in [0.1, 0.15) is 38.9 Å². The summed E-state index contributed by atoms with van der Waals surface area (Å²) in [4.78, 5) is 11.3. The number of para-hydroxylation sites is 1. The van der Waals surface area contributed by atoms with Crippen molar-refractivity contribution in [3.63, 3.8) is 0 Å². The van der Waals surface area contributed by atoms with E-state index in [1.54, 1.807) is 0 Å². The smallest absolute Gasteiger partial charge is 0.224 e. The third kappa shape index (κ3) is 4.28. The molecule has 0 spiro atoms. The van der Waals surface area contributed by atoms with Gasteiger partial charge >= 0.3 is 0 Å². The molecule has 5 nitrogen and oxygen atoms in total. The van der Waals surface area contributed by atoms with E-state index in [0.717, 1.165) is 55.6 Å². The molecule has 5 heteroatoms. The summed E-state index contributed by atoms with van der Waals surface area (Å²) in [6.07, 6.45) is 2.68. The first kappa shape index (κ1) is 18.1. The molecule has 0 bridgehead atoms. The van der Waals surface area contributed by atoms with Crippen LogP contribution in [0.5, 0.6) is 5.88 Å². The van der Waals surface area contributed by atoms with Gasteiger partial charge in [-0.15, -0.1) is 0 Å². The third-order valence-electron chi connectivity index (χ3n) is 5.33. The highest BCUT2D eigenvalue weighted by Gasteiger charge is 2.34. The summed E-state index contributed by atoms with van der Waals surface area (Å²) >= 11 is 0. The van der Waals surface area contributed by atoms with Gasteiger partial charge in [-0.2, -0.15) is 4.98 Å². The number of benzene rings is 1. The van der Waals surface area contributed by atoms with Crippen molar-refractivity contribution in [1.82, 2.24) is 14.9 Å². The number of likely N-dealkylation sites (tertiary alicyclic amines) is 1. The predicted molar refractivity (Wildman–Crippen MR) is 99.8 cm³/mol. The number of hydrogen-bond donors (Lipinski definition) is 1. The lowest BCUT2D eigenvalue weighted by Crippen LogP contribution is -2.47. The van der Waals surface area contributed by atoms with Crippen LogP contribution < -0.4 is 4.74 Å². The molecule has 0 aliphatic carbocycles. The van der Waals surface area contributed by atoms with Gasteiger partial charge in [-0.1, -0.05) is 26.0 Å². The van der Waals surface area contributed by atoms with Crippen LogP contribution in [0, 0.1) is 12.8 Å². The number of aryl methyl sites for hydroxylation is 1. The van der Waals surface area contributed by atoms with Gasteiger partial charge in [0.15, 0.2) is 0 Å². The van der Waals surface area contributed by atoms with Crippen molar-refractivity contribution in [1.29, 1.82) is 0 Å². The molecule has 0 unspecified atom stereocenters. The van der Waals surface area contributed by atoms with E-state index in [1.165, 1.54) is 0 Å². The molecule has 2 aromatic rings. The Morgan fingerprint density at radius 1 is 1.20 bits per heavy atom. The summed E-state index contributed by atoms with van der Waals surface area (Å²) < 4.78 is 5.94. The maximum absolute atomic E-state index is 10.5. The van der Waals surface area contributed by atoms with E-state index in [1.807, 2.05) is 31.2 Å². The van der Waals surface area contributed by atoms with E-state index < -0.39 is 5.60 Å². The molecule has 0 saturated carbocycles.